The lowest BCUT2D eigenvalue weighted by molar-refractivity contribution is -0.896. The Hall–Kier alpha value is -1.95. The molecule has 0 unspecified atom stereocenters. The maximum atomic E-state index is 12.9. The van der Waals surface area contributed by atoms with Gasteiger partial charge in [-0.3, -0.25) is 4.79 Å². The summed E-state index contributed by atoms with van der Waals surface area (Å²) in [6.45, 7) is 10.2. The smallest absolute Gasteiger partial charge is 0.278 e. The van der Waals surface area contributed by atoms with Gasteiger partial charge in [-0.25, -0.2) is 8.42 Å². The molecule has 1 aliphatic heterocycles. The Morgan fingerprint density at radius 2 is 1.74 bits per heavy atom. The van der Waals surface area contributed by atoms with Gasteiger partial charge in [0.2, 0.25) is 10.0 Å². The molecule has 1 aliphatic rings. The molecule has 148 valence electrons. The van der Waals surface area contributed by atoms with Gasteiger partial charge in [0, 0.05) is 12.1 Å². The minimum atomic E-state index is -3.70. The molecular formula is C19H29N4O3S+. The molecule has 0 saturated carbocycles. The van der Waals surface area contributed by atoms with E-state index in [0.717, 1.165) is 4.90 Å². The molecule has 27 heavy (non-hydrogen) atoms. The number of nitrogens with one attached hydrogen (secondary N) is 1. The van der Waals surface area contributed by atoms with Crippen molar-refractivity contribution in [3.63, 3.8) is 0 Å². The van der Waals surface area contributed by atoms with E-state index in [1.54, 1.807) is 12.1 Å². The average molecular weight is 394 g/mol. The molecule has 0 radical (unpaired) electrons. The standard InChI is InChI=1S/C19H28N4O3S/c1-15(2)23(16(3)4)19(24)14-21-9-11-22(12-10-21)27(25,26)18-8-6-5-7-17(18)13-20/h5-8,15-16H,9-12,14H2,1-4H3/p+1. The van der Waals surface area contributed by atoms with Crippen LogP contribution in [0.3, 0.4) is 0 Å². The Kier molecular flexibility index (Phi) is 6.98. The van der Waals surface area contributed by atoms with E-state index in [4.69, 9.17) is 0 Å². The van der Waals surface area contributed by atoms with Crippen LogP contribution in [0, 0.1) is 11.3 Å². The van der Waals surface area contributed by atoms with Gasteiger partial charge >= 0.3 is 0 Å². The first-order valence-corrected chi connectivity index (χ1v) is 10.8. The van der Waals surface area contributed by atoms with Crippen LogP contribution in [0.2, 0.25) is 0 Å². The highest BCUT2D eigenvalue weighted by molar-refractivity contribution is 7.89. The lowest BCUT2D eigenvalue weighted by Crippen LogP contribution is -3.15. The van der Waals surface area contributed by atoms with Crippen molar-refractivity contribution in [1.82, 2.24) is 9.21 Å². The van der Waals surface area contributed by atoms with E-state index in [1.807, 2.05) is 38.7 Å². The van der Waals surface area contributed by atoms with Crippen molar-refractivity contribution in [3.8, 4) is 6.07 Å². The van der Waals surface area contributed by atoms with E-state index in [9.17, 15) is 18.5 Å². The summed E-state index contributed by atoms with van der Waals surface area (Å²) in [7, 11) is -3.70. The van der Waals surface area contributed by atoms with Gasteiger partial charge in [-0.15, -0.1) is 0 Å². The highest BCUT2D eigenvalue weighted by Gasteiger charge is 2.33. The first kappa shape index (κ1) is 21.4. The largest absolute Gasteiger partial charge is 0.333 e. The van der Waals surface area contributed by atoms with E-state index in [-0.39, 0.29) is 28.4 Å². The topological polar surface area (TPSA) is 85.9 Å². The fraction of sp³-hybridized carbons (Fsp3) is 0.579. The summed E-state index contributed by atoms with van der Waals surface area (Å²) in [6.07, 6.45) is 0. The zero-order chi connectivity index (χ0) is 20.2. The van der Waals surface area contributed by atoms with Gasteiger partial charge in [0.1, 0.15) is 6.07 Å². The van der Waals surface area contributed by atoms with Gasteiger partial charge < -0.3 is 9.80 Å². The number of benzene rings is 1. The molecule has 8 heteroatoms. The Labute approximate surface area is 162 Å². The maximum absolute atomic E-state index is 12.9. The van der Waals surface area contributed by atoms with Crippen LogP contribution in [0.25, 0.3) is 0 Å². The van der Waals surface area contributed by atoms with Crippen molar-refractivity contribution in [2.75, 3.05) is 32.7 Å². The highest BCUT2D eigenvalue weighted by atomic mass is 32.2. The summed E-state index contributed by atoms with van der Waals surface area (Å²) in [5, 5.41) is 9.18. The molecule has 0 atom stereocenters. The molecule has 1 saturated heterocycles. The fourth-order valence-electron chi connectivity index (χ4n) is 3.62. The van der Waals surface area contributed by atoms with Crippen molar-refractivity contribution >= 4 is 15.9 Å². The Morgan fingerprint density at radius 1 is 1.19 bits per heavy atom. The monoisotopic (exact) mass is 393 g/mol. The number of sulfonamides is 1. The van der Waals surface area contributed by atoms with Crippen LogP contribution >= 0.6 is 0 Å². The molecule has 2 rings (SSSR count). The molecule has 1 aromatic rings. The summed E-state index contributed by atoms with van der Waals surface area (Å²) in [4.78, 5) is 15.6. The van der Waals surface area contributed by atoms with Crippen LogP contribution in [0.5, 0.6) is 0 Å². The molecule has 0 spiro atoms. The highest BCUT2D eigenvalue weighted by Crippen LogP contribution is 2.19. The van der Waals surface area contributed by atoms with Crippen molar-refractivity contribution in [2.24, 2.45) is 0 Å². The third-order valence-corrected chi connectivity index (χ3v) is 6.81. The molecule has 1 amide bonds. The SMILES string of the molecule is CC(C)N(C(=O)C[NH+]1CCN(S(=O)(=O)c2ccccc2C#N)CC1)C(C)C. The van der Waals surface area contributed by atoms with E-state index in [0.29, 0.717) is 32.7 Å². The van der Waals surface area contributed by atoms with Crippen molar-refractivity contribution < 1.29 is 18.1 Å². The molecule has 1 aromatic carbocycles. The number of hydrogen-bond donors (Lipinski definition) is 1. The number of carbonyl (C=O) groups is 1. The van der Waals surface area contributed by atoms with E-state index >= 15 is 0 Å². The number of nitrogens with zero attached hydrogens (tertiary/aromatic N) is 3. The third kappa shape index (κ3) is 4.86. The second kappa shape index (κ2) is 8.83. The van der Waals surface area contributed by atoms with E-state index in [2.05, 4.69) is 0 Å². The fourth-order valence-corrected chi connectivity index (χ4v) is 5.20. The predicted octanol–water partition coefficient (Wildman–Crippen LogP) is 0.0929. The van der Waals surface area contributed by atoms with Gasteiger partial charge in [-0.2, -0.15) is 9.57 Å². The van der Waals surface area contributed by atoms with Crippen LogP contribution in [-0.2, 0) is 14.8 Å². The van der Waals surface area contributed by atoms with Gasteiger partial charge in [0.15, 0.2) is 6.54 Å². The molecule has 0 aliphatic carbocycles. The first-order chi connectivity index (χ1) is 12.7. The second-order valence-corrected chi connectivity index (χ2v) is 9.33. The van der Waals surface area contributed by atoms with Crippen LogP contribution in [0.1, 0.15) is 33.3 Å². The predicted molar refractivity (Wildman–Crippen MR) is 103 cm³/mol. The van der Waals surface area contributed by atoms with Gasteiger partial charge in [0.25, 0.3) is 5.91 Å². The number of carbonyl (C=O) groups excluding carboxylic acids is 1. The minimum Gasteiger partial charge on any atom is -0.333 e. The summed E-state index contributed by atoms with van der Waals surface area (Å²) >= 11 is 0. The zero-order valence-electron chi connectivity index (χ0n) is 16.5. The number of piperazine rings is 1. The molecular weight excluding hydrogens is 364 g/mol. The number of quaternary nitrogens is 1. The third-order valence-electron chi connectivity index (χ3n) is 4.86. The van der Waals surface area contributed by atoms with Gasteiger partial charge in [-0.05, 0) is 39.8 Å². The van der Waals surface area contributed by atoms with Crippen molar-refractivity contribution in [2.45, 2.75) is 44.7 Å². The number of rotatable bonds is 6. The van der Waals surface area contributed by atoms with Crippen LogP contribution < -0.4 is 4.90 Å². The lowest BCUT2D eigenvalue weighted by atomic mass is 10.2. The van der Waals surface area contributed by atoms with Crippen LogP contribution in [0.4, 0.5) is 0 Å². The quantitative estimate of drug-likeness (QED) is 0.742. The zero-order valence-corrected chi connectivity index (χ0v) is 17.3. The Morgan fingerprint density at radius 3 is 2.26 bits per heavy atom. The Balaban J connectivity index is 2.03. The van der Waals surface area contributed by atoms with Crippen LogP contribution in [-0.4, -0.2) is 68.3 Å². The van der Waals surface area contributed by atoms with Gasteiger partial charge in [0.05, 0.1) is 36.6 Å². The van der Waals surface area contributed by atoms with Crippen molar-refractivity contribution in [3.05, 3.63) is 29.8 Å². The summed E-state index contributed by atoms with van der Waals surface area (Å²) in [6, 6.07) is 8.49. The minimum absolute atomic E-state index is 0.0535. The van der Waals surface area contributed by atoms with E-state index in [1.165, 1.54) is 16.4 Å². The number of amides is 1. The molecule has 7 nitrogen and oxygen atoms in total. The first-order valence-electron chi connectivity index (χ1n) is 9.32. The Bertz CT molecular complexity index is 798. The summed E-state index contributed by atoms with van der Waals surface area (Å²) in [5.41, 5.74) is 0.159. The molecule has 1 fully saturated rings. The molecule has 0 bridgehead atoms. The summed E-state index contributed by atoms with van der Waals surface area (Å²) < 4.78 is 27.2. The molecule has 0 aromatic heterocycles. The average Bonchev–Trinajstić information content (AvgIpc) is 2.61. The van der Waals surface area contributed by atoms with Crippen LogP contribution in [0.15, 0.2) is 29.2 Å². The number of hydrogen-bond acceptors (Lipinski definition) is 4. The maximum Gasteiger partial charge on any atom is 0.278 e. The molecule has 1 heterocycles. The lowest BCUT2D eigenvalue weighted by Gasteiger charge is -2.35. The molecule has 1 N–H and O–H groups in total. The summed E-state index contributed by atoms with van der Waals surface area (Å²) in [5.74, 6) is 0.0983. The van der Waals surface area contributed by atoms with Crippen molar-refractivity contribution in [1.29, 1.82) is 5.26 Å². The normalized spacial score (nSPS) is 16.5. The second-order valence-electron chi connectivity index (χ2n) is 7.43. The number of nitriles is 1. The van der Waals surface area contributed by atoms with E-state index < -0.39 is 10.0 Å². The van der Waals surface area contributed by atoms with Gasteiger partial charge in [-0.1, -0.05) is 12.1 Å².